The van der Waals surface area contributed by atoms with Crippen molar-refractivity contribution in [3.8, 4) is 0 Å². The molecule has 1 aliphatic carbocycles. The summed E-state index contributed by atoms with van der Waals surface area (Å²) >= 11 is 0. The summed E-state index contributed by atoms with van der Waals surface area (Å²) in [6.07, 6.45) is 6.25. The fraction of sp³-hybridized carbons (Fsp3) is 0.625. The highest BCUT2D eigenvalue weighted by atomic mass is 16.2. The summed E-state index contributed by atoms with van der Waals surface area (Å²) in [4.78, 5) is 15.9. The summed E-state index contributed by atoms with van der Waals surface area (Å²) in [5.74, 6) is 0.236. The number of pyridine rings is 1. The minimum Gasteiger partial charge on any atom is -0.351 e. The van der Waals surface area contributed by atoms with Gasteiger partial charge in [-0.05, 0) is 51.2 Å². The number of carbonyl (C=O) groups is 1. The van der Waals surface area contributed by atoms with Gasteiger partial charge in [-0.25, -0.2) is 0 Å². The number of hydrogen-bond donors (Lipinski definition) is 2. The Labute approximate surface area is 120 Å². The minimum absolute atomic E-state index is 0.122. The summed E-state index contributed by atoms with van der Waals surface area (Å²) in [5, 5.41) is 6.80. The highest BCUT2D eigenvalue weighted by Gasteiger charge is 2.40. The van der Waals surface area contributed by atoms with Crippen molar-refractivity contribution in [2.75, 3.05) is 0 Å². The zero-order valence-electron chi connectivity index (χ0n) is 12.1. The Morgan fingerprint density at radius 1 is 1.35 bits per heavy atom. The standard InChI is InChI=1S/C16H23N3O/c1-12-3-2-4-14(18-12)11-17-13-5-8-16(9-6-13)10-7-15(20)19-16/h2-4,13,17H,5-11H2,1H3,(H,19,20). The molecule has 0 unspecified atom stereocenters. The molecule has 0 atom stereocenters. The lowest BCUT2D eigenvalue weighted by atomic mass is 9.78. The molecule has 2 aliphatic rings. The maximum atomic E-state index is 11.4. The van der Waals surface area contributed by atoms with Crippen molar-refractivity contribution < 1.29 is 4.79 Å². The number of carbonyl (C=O) groups excluding carboxylic acids is 1. The van der Waals surface area contributed by atoms with E-state index < -0.39 is 0 Å². The van der Waals surface area contributed by atoms with E-state index in [1.165, 1.54) is 0 Å². The van der Waals surface area contributed by atoms with Crippen molar-refractivity contribution in [3.63, 3.8) is 0 Å². The molecule has 2 heterocycles. The van der Waals surface area contributed by atoms with E-state index in [-0.39, 0.29) is 11.4 Å². The molecule has 4 nitrogen and oxygen atoms in total. The first-order chi connectivity index (χ1) is 9.65. The van der Waals surface area contributed by atoms with Crippen molar-refractivity contribution >= 4 is 5.91 Å². The van der Waals surface area contributed by atoms with Gasteiger partial charge in [0, 0.05) is 30.2 Å². The van der Waals surface area contributed by atoms with Crippen LogP contribution >= 0.6 is 0 Å². The van der Waals surface area contributed by atoms with Crippen molar-refractivity contribution in [1.29, 1.82) is 0 Å². The SMILES string of the molecule is Cc1cccc(CNC2CCC3(CCC(=O)N3)CC2)n1. The smallest absolute Gasteiger partial charge is 0.220 e. The van der Waals surface area contributed by atoms with Crippen LogP contribution in [0.25, 0.3) is 0 Å². The molecule has 2 fully saturated rings. The number of aromatic nitrogens is 1. The molecule has 108 valence electrons. The number of amides is 1. The molecular formula is C16H23N3O. The molecule has 4 heteroatoms. The second-order valence-corrected chi connectivity index (χ2v) is 6.25. The fourth-order valence-corrected chi connectivity index (χ4v) is 3.47. The molecule has 2 N–H and O–H groups in total. The number of rotatable bonds is 3. The lowest BCUT2D eigenvalue weighted by Gasteiger charge is -2.37. The molecule has 1 amide bonds. The van der Waals surface area contributed by atoms with Gasteiger partial charge in [0.25, 0.3) is 0 Å². The van der Waals surface area contributed by atoms with Crippen LogP contribution in [0.4, 0.5) is 0 Å². The quantitative estimate of drug-likeness (QED) is 0.886. The summed E-state index contributed by atoms with van der Waals surface area (Å²) in [6, 6.07) is 6.71. The van der Waals surface area contributed by atoms with Gasteiger partial charge >= 0.3 is 0 Å². The summed E-state index contributed by atoms with van der Waals surface area (Å²) in [6.45, 7) is 2.86. The molecule has 1 aliphatic heterocycles. The van der Waals surface area contributed by atoms with Crippen molar-refractivity contribution in [3.05, 3.63) is 29.6 Å². The van der Waals surface area contributed by atoms with Gasteiger partial charge in [0.05, 0.1) is 5.69 Å². The zero-order chi connectivity index (χ0) is 14.0. The Morgan fingerprint density at radius 3 is 2.80 bits per heavy atom. The van der Waals surface area contributed by atoms with Gasteiger partial charge in [-0.2, -0.15) is 0 Å². The lowest BCUT2D eigenvalue weighted by Crippen LogP contribution is -2.47. The Kier molecular flexibility index (Phi) is 3.74. The van der Waals surface area contributed by atoms with Crippen LogP contribution in [0.15, 0.2) is 18.2 Å². The predicted molar refractivity (Wildman–Crippen MR) is 78.2 cm³/mol. The molecule has 0 radical (unpaired) electrons. The zero-order valence-corrected chi connectivity index (χ0v) is 12.1. The maximum Gasteiger partial charge on any atom is 0.220 e. The van der Waals surface area contributed by atoms with Gasteiger partial charge in [-0.3, -0.25) is 9.78 Å². The molecule has 20 heavy (non-hydrogen) atoms. The molecule has 1 spiro atoms. The van der Waals surface area contributed by atoms with E-state index in [1.54, 1.807) is 0 Å². The fourth-order valence-electron chi connectivity index (χ4n) is 3.47. The first-order valence-electron chi connectivity index (χ1n) is 7.62. The van der Waals surface area contributed by atoms with Crippen molar-refractivity contribution in [2.24, 2.45) is 0 Å². The van der Waals surface area contributed by atoms with Gasteiger partial charge in [-0.1, -0.05) is 6.07 Å². The number of aryl methyl sites for hydroxylation is 1. The van der Waals surface area contributed by atoms with Crippen LogP contribution in [0.1, 0.15) is 49.9 Å². The molecule has 1 aromatic heterocycles. The largest absolute Gasteiger partial charge is 0.351 e. The van der Waals surface area contributed by atoms with Gasteiger partial charge < -0.3 is 10.6 Å². The van der Waals surface area contributed by atoms with E-state index in [9.17, 15) is 4.79 Å². The van der Waals surface area contributed by atoms with E-state index in [1.807, 2.05) is 13.0 Å². The van der Waals surface area contributed by atoms with Crippen LogP contribution in [-0.2, 0) is 11.3 Å². The molecule has 0 bridgehead atoms. The average Bonchev–Trinajstić information content (AvgIpc) is 2.80. The summed E-state index contributed by atoms with van der Waals surface area (Å²) < 4.78 is 0. The number of hydrogen-bond acceptors (Lipinski definition) is 3. The Morgan fingerprint density at radius 2 is 2.15 bits per heavy atom. The van der Waals surface area contributed by atoms with E-state index in [4.69, 9.17) is 0 Å². The van der Waals surface area contributed by atoms with Crippen LogP contribution in [0.5, 0.6) is 0 Å². The summed E-state index contributed by atoms with van der Waals surface area (Å²) in [5.41, 5.74) is 2.30. The average molecular weight is 273 g/mol. The predicted octanol–water partition coefficient (Wildman–Crippen LogP) is 2.07. The third kappa shape index (κ3) is 3.01. The maximum absolute atomic E-state index is 11.4. The normalized spacial score (nSPS) is 29.6. The van der Waals surface area contributed by atoms with Crippen LogP contribution < -0.4 is 10.6 Å². The first-order valence-corrected chi connectivity index (χ1v) is 7.62. The van der Waals surface area contributed by atoms with Gasteiger partial charge in [0.1, 0.15) is 0 Å². The first kappa shape index (κ1) is 13.6. The van der Waals surface area contributed by atoms with Gasteiger partial charge in [-0.15, -0.1) is 0 Å². The monoisotopic (exact) mass is 273 g/mol. The van der Waals surface area contributed by atoms with E-state index in [0.717, 1.165) is 50.0 Å². The number of nitrogens with zero attached hydrogens (tertiary/aromatic N) is 1. The highest BCUT2D eigenvalue weighted by Crippen LogP contribution is 2.35. The van der Waals surface area contributed by atoms with Crippen molar-refractivity contribution in [2.45, 2.75) is 63.6 Å². The molecule has 1 saturated carbocycles. The Hall–Kier alpha value is -1.42. The van der Waals surface area contributed by atoms with Crippen LogP contribution in [0, 0.1) is 6.92 Å². The van der Waals surface area contributed by atoms with Crippen LogP contribution in [0.3, 0.4) is 0 Å². The third-order valence-corrected chi connectivity index (χ3v) is 4.70. The molecule has 3 rings (SSSR count). The second-order valence-electron chi connectivity index (χ2n) is 6.25. The number of nitrogens with one attached hydrogen (secondary N) is 2. The van der Waals surface area contributed by atoms with Crippen molar-refractivity contribution in [1.82, 2.24) is 15.6 Å². The summed E-state index contributed by atoms with van der Waals surface area (Å²) in [7, 11) is 0. The molecular weight excluding hydrogens is 250 g/mol. The molecule has 0 aromatic carbocycles. The third-order valence-electron chi connectivity index (χ3n) is 4.70. The second kappa shape index (κ2) is 5.52. The van der Waals surface area contributed by atoms with Crippen LogP contribution in [-0.4, -0.2) is 22.5 Å². The molecule has 1 aromatic rings. The Bertz CT molecular complexity index is 492. The highest BCUT2D eigenvalue weighted by molar-refractivity contribution is 5.79. The van der Waals surface area contributed by atoms with E-state index in [2.05, 4.69) is 27.8 Å². The molecule has 1 saturated heterocycles. The van der Waals surface area contributed by atoms with Crippen LogP contribution in [0.2, 0.25) is 0 Å². The Balaban J connectivity index is 1.48. The lowest BCUT2D eigenvalue weighted by molar-refractivity contribution is -0.120. The van der Waals surface area contributed by atoms with Gasteiger partial charge in [0.15, 0.2) is 0 Å². The minimum atomic E-state index is 0.122. The topological polar surface area (TPSA) is 54.0 Å². The van der Waals surface area contributed by atoms with Gasteiger partial charge in [0.2, 0.25) is 5.91 Å². The van der Waals surface area contributed by atoms with E-state index >= 15 is 0 Å². The van der Waals surface area contributed by atoms with E-state index in [0.29, 0.717) is 12.5 Å².